The first-order chi connectivity index (χ1) is 23.7. The SMILES string of the molecule is O=C1CCC(c2cncc(N3CCC(CNCCOc4ccc(-c5cc(Nc6ccc(OC(F)(F)F)cc6)ncn5)cc4)CC3)c2)C(=O)N1. The Kier molecular flexibility index (Phi) is 10.5. The van der Waals surface area contributed by atoms with Crippen molar-refractivity contribution >= 4 is 29.0 Å². The molecular formula is C35H36F3N7O4. The van der Waals surface area contributed by atoms with Crippen molar-refractivity contribution in [1.29, 1.82) is 0 Å². The van der Waals surface area contributed by atoms with Crippen molar-refractivity contribution in [2.45, 2.75) is 38.0 Å². The van der Waals surface area contributed by atoms with E-state index < -0.39 is 6.36 Å². The molecular weight excluding hydrogens is 639 g/mol. The number of hydrogen-bond donors (Lipinski definition) is 3. The van der Waals surface area contributed by atoms with Crippen LogP contribution in [0, 0.1) is 5.92 Å². The maximum Gasteiger partial charge on any atom is 0.573 e. The maximum atomic E-state index is 12.4. The lowest BCUT2D eigenvalue weighted by atomic mass is 9.91. The number of rotatable bonds is 12. The minimum absolute atomic E-state index is 0.218. The van der Waals surface area contributed by atoms with Gasteiger partial charge in [-0.25, -0.2) is 9.97 Å². The lowest BCUT2D eigenvalue weighted by molar-refractivity contribution is -0.274. The molecule has 4 heterocycles. The third kappa shape index (κ3) is 9.44. The Morgan fingerprint density at radius 1 is 0.918 bits per heavy atom. The quantitative estimate of drug-likeness (QED) is 0.129. The van der Waals surface area contributed by atoms with Gasteiger partial charge in [-0.05, 0) is 91.9 Å². The van der Waals surface area contributed by atoms with Crippen molar-refractivity contribution in [2.24, 2.45) is 5.92 Å². The minimum atomic E-state index is -4.74. The van der Waals surface area contributed by atoms with Crippen LogP contribution < -0.4 is 30.3 Å². The average molecular weight is 676 g/mol. The first-order valence-electron chi connectivity index (χ1n) is 16.1. The zero-order chi connectivity index (χ0) is 34.2. The van der Waals surface area contributed by atoms with Crippen LogP contribution >= 0.6 is 0 Å². The number of carbonyl (C=O) groups is 2. The molecule has 0 bridgehead atoms. The van der Waals surface area contributed by atoms with E-state index in [2.05, 4.69) is 40.5 Å². The summed E-state index contributed by atoms with van der Waals surface area (Å²) in [5.41, 5.74) is 3.94. The van der Waals surface area contributed by atoms with E-state index in [9.17, 15) is 22.8 Å². The van der Waals surface area contributed by atoms with Gasteiger partial charge in [0.15, 0.2) is 0 Å². The molecule has 2 saturated heterocycles. The highest BCUT2D eigenvalue weighted by Crippen LogP contribution is 2.30. The molecule has 1 unspecified atom stereocenters. The molecule has 2 aromatic carbocycles. The number of alkyl halides is 3. The molecule has 49 heavy (non-hydrogen) atoms. The van der Waals surface area contributed by atoms with E-state index in [0.717, 1.165) is 55.0 Å². The van der Waals surface area contributed by atoms with Gasteiger partial charge in [0, 0.05) is 49.6 Å². The predicted molar refractivity (Wildman–Crippen MR) is 177 cm³/mol. The number of benzene rings is 2. The van der Waals surface area contributed by atoms with E-state index in [-0.39, 0.29) is 23.5 Å². The number of nitrogens with zero attached hydrogens (tertiary/aromatic N) is 4. The molecule has 2 aliphatic heterocycles. The molecule has 0 spiro atoms. The van der Waals surface area contributed by atoms with Crippen LogP contribution in [0.3, 0.4) is 0 Å². The number of halogens is 3. The third-order valence-electron chi connectivity index (χ3n) is 8.52. The highest BCUT2D eigenvalue weighted by molar-refractivity contribution is 6.01. The van der Waals surface area contributed by atoms with Gasteiger partial charge in [0.2, 0.25) is 11.8 Å². The average Bonchev–Trinajstić information content (AvgIpc) is 3.09. The number of aromatic nitrogens is 3. The first-order valence-corrected chi connectivity index (χ1v) is 16.1. The van der Waals surface area contributed by atoms with Gasteiger partial charge in [0.05, 0.1) is 23.5 Å². The topological polar surface area (TPSA) is 131 Å². The molecule has 14 heteroatoms. The summed E-state index contributed by atoms with van der Waals surface area (Å²) in [6, 6.07) is 16.7. The summed E-state index contributed by atoms with van der Waals surface area (Å²) in [4.78, 5) is 39.0. The molecule has 4 aromatic rings. The third-order valence-corrected chi connectivity index (χ3v) is 8.52. The van der Waals surface area contributed by atoms with Crippen LogP contribution in [0.5, 0.6) is 11.5 Å². The second kappa shape index (κ2) is 15.3. The van der Waals surface area contributed by atoms with Crippen LogP contribution in [0.2, 0.25) is 0 Å². The second-order valence-electron chi connectivity index (χ2n) is 12.0. The van der Waals surface area contributed by atoms with Crippen LogP contribution in [0.25, 0.3) is 11.3 Å². The Labute approximate surface area is 281 Å². The van der Waals surface area contributed by atoms with Crippen molar-refractivity contribution in [3.05, 3.63) is 84.9 Å². The molecule has 2 aromatic heterocycles. The van der Waals surface area contributed by atoms with Gasteiger partial charge < -0.3 is 25.0 Å². The van der Waals surface area contributed by atoms with Crippen molar-refractivity contribution < 1.29 is 32.2 Å². The van der Waals surface area contributed by atoms with Crippen LogP contribution in [0.15, 0.2) is 79.4 Å². The number of piperidine rings is 2. The van der Waals surface area contributed by atoms with Crippen molar-refractivity contribution in [2.75, 3.05) is 43.0 Å². The normalized spacial score (nSPS) is 17.0. The van der Waals surface area contributed by atoms with Crippen LogP contribution in [0.4, 0.5) is 30.4 Å². The summed E-state index contributed by atoms with van der Waals surface area (Å²) in [5, 5.41) is 8.99. The Morgan fingerprint density at radius 2 is 1.67 bits per heavy atom. The molecule has 2 fully saturated rings. The largest absolute Gasteiger partial charge is 0.573 e. The number of anilines is 3. The summed E-state index contributed by atoms with van der Waals surface area (Å²) in [6.07, 6.45) is 3.18. The Balaban J connectivity index is 0.901. The van der Waals surface area contributed by atoms with Gasteiger partial charge in [-0.15, -0.1) is 13.2 Å². The van der Waals surface area contributed by atoms with Crippen molar-refractivity contribution in [3.63, 3.8) is 0 Å². The van der Waals surface area contributed by atoms with E-state index in [1.54, 1.807) is 12.3 Å². The summed E-state index contributed by atoms with van der Waals surface area (Å²) >= 11 is 0. The Hall–Kier alpha value is -5.24. The summed E-state index contributed by atoms with van der Waals surface area (Å²) in [6.45, 7) is 3.96. The number of amides is 2. The highest BCUT2D eigenvalue weighted by atomic mass is 19.4. The summed E-state index contributed by atoms with van der Waals surface area (Å²) in [5.74, 6) is 0.673. The molecule has 2 aliphatic rings. The first kappa shape index (κ1) is 33.7. The van der Waals surface area contributed by atoms with E-state index in [1.807, 2.05) is 36.5 Å². The van der Waals surface area contributed by atoms with Crippen molar-refractivity contribution in [1.82, 2.24) is 25.6 Å². The Morgan fingerprint density at radius 3 is 2.41 bits per heavy atom. The lowest BCUT2D eigenvalue weighted by Crippen LogP contribution is -2.40. The van der Waals surface area contributed by atoms with Gasteiger partial charge in [-0.1, -0.05) is 0 Å². The van der Waals surface area contributed by atoms with Gasteiger partial charge in [0.1, 0.15) is 30.3 Å². The zero-order valence-electron chi connectivity index (χ0n) is 26.6. The standard InChI is InChI=1S/C35H36F3N7O4/c36-35(37,38)49-29-7-3-26(4-8-29)43-32-18-31(41-22-42-32)24-1-5-28(6-2-24)48-16-13-39-19-23-11-14-45(15-12-23)27-17-25(20-40-21-27)30-9-10-33(46)44-34(30)47/h1-8,17-18,20-23,30,39H,9-16,19H2,(H,41,42,43)(H,44,46,47). The number of carbonyl (C=O) groups excluding carboxylic acids is 2. The fourth-order valence-corrected chi connectivity index (χ4v) is 5.96. The minimum Gasteiger partial charge on any atom is -0.492 e. The smallest absolute Gasteiger partial charge is 0.492 e. The molecule has 0 saturated carbocycles. The molecule has 2 amide bonds. The number of imide groups is 1. The van der Waals surface area contributed by atoms with E-state index >= 15 is 0 Å². The molecule has 1 atom stereocenters. The predicted octanol–water partition coefficient (Wildman–Crippen LogP) is 5.59. The van der Waals surface area contributed by atoms with Crippen LogP contribution in [-0.4, -0.2) is 65.9 Å². The Bertz CT molecular complexity index is 1730. The number of nitrogens with one attached hydrogen (secondary N) is 3. The van der Waals surface area contributed by atoms with Crippen molar-refractivity contribution in [3.8, 4) is 22.8 Å². The van der Waals surface area contributed by atoms with Gasteiger partial charge >= 0.3 is 6.36 Å². The molecule has 3 N–H and O–H groups in total. The molecule has 11 nitrogen and oxygen atoms in total. The van der Waals surface area contributed by atoms with Gasteiger partial charge in [0.25, 0.3) is 0 Å². The molecule has 6 rings (SSSR count). The summed E-state index contributed by atoms with van der Waals surface area (Å²) in [7, 11) is 0. The van der Waals surface area contributed by atoms with Gasteiger partial charge in [-0.2, -0.15) is 0 Å². The number of hydrogen-bond acceptors (Lipinski definition) is 10. The van der Waals surface area contributed by atoms with E-state index in [0.29, 0.717) is 49.1 Å². The van der Waals surface area contributed by atoms with Gasteiger partial charge in [-0.3, -0.25) is 19.9 Å². The number of pyridine rings is 1. The highest BCUT2D eigenvalue weighted by Gasteiger charge is 2.31. The van der Waals surface area contributed by atoms with E-state index in [1.165, 1.54) is 30.6 Å². The molecule has 0 aliphatic carbocycles. The number of ether oxygens (including phenoxy) is 2. The zero-order valence-corrected chi connectivity index (χ0v) is 26.6. The molecule has 0 radical (unpaired) electrons. The van der Waals surface area contributed by atoms with Crippen LogP contribution in [-0.2, 0) is 9.59 Å². The fourth-order valence-electron chi connectivity index (χ4n) is 5.96. The second-order valence-corrected chi connectivity index (χ2v) is 12.0. The lowest BCUT2D eigenvalue weighted by Gasteiger charge is -2.34. The van der Waals surface area contributed by atoms with E-state index in [4.69, 9.17) is 4.74 Å². The fraction of sp³-hybridized carbons (Fsp3) is 0.343. The molecule has 256 valence electrons. The van der Waals surface area contributed by atoms with Crippen LogP contribution in [0.1, 0.15) is 37.2 Å². The monoisotopic (exact) mass is 675 g/mol. The summed E-state index contributed by atoms with van der Waals surface area (Å²) < 4.78 is 47.1. The maximum absolute atomic E-state index is 12.4.